The Bertz CT molecular complexity index is 428. The van der Waals surface area contributed by atoms with E-state index in [1.807, 2.05) is 31.2 Å². The molecule has 0 unspecified atom stereocenters. The van der Waals surface area contributed by atoms with Gasteiger partial charge in [-0.25, -0.2) is 0 Å². The van der Waals surface area contributed by atoms with Crippen molar-refractivity contribution in [3.05, 3.63) is 24.3 Å². The van der Waals surface area contributed by atoms with Crippen LogP contribution in [0.25, 0.3) is 0 Å². The Hall–Kier alpha value is -1.55. The van der Waals surface area contributed by atoms with Gasteiger partial charge in [0.25, 0.3) is 0 Å². The predicted octanol–water partition coefficient (Wildman–Crippen LogP) is 2.30. The highest BCUT2D eigenvalue weighted by molar-refractivity contribution is 5.93. The van der Waals surface area contributed by atoms with Crippen LogP contribution in [0.15, 0.2) is 24.3 Å². The van der Waals surface area contributed by atoms with E-state index in [2.05, 4.69) is 5.32 Å². The summed E-state index contributed by atoms with van der Waals surface area (Å²) in [5.74, 6) is 0.664. The average molecular weight is 248 g/mol. The number of carbonyl (C=O) groups excluding carboxylic acids is 1. The van der Waals surface area contributed by atoms with Gasteiger partial charge in [0.1, 0.15) is 5.75 Å². The van der Waals surface area contributed by atoms with Crippen LogP contribution in [0.5, 0.6) is 5.75 Å². The molecule has 0 saturated heterocycles. The number of ether oxygens (including phenoxy) is 1. The number of amides is 1. The topological polar surface area (TPSA) is 64.3 Å². The fourth-order valence-corrected chi connectivity index (χ4v) is 2.17. The summed E-state index contributed by atoms with van der Waals surface area (Å²) in [6.45, 7) is 2.50. The highest BCUT2D eigenvalue weighted by Gasteiger charge is 2.34. The predicted molar refractivity (Wildman–Crippen MR) is 71.6 cm³/mol. The first-order valence-electron chi connectivity index (χ1n) is 6.43. The second-order valence-corrected chi connectivity index (χ2v) is 4.87. The van der Waals surface area contributed by atoms with Gasteiger partial charge in [-0.1, -0.05) is 12.1 Å². The fourth-order valence-electron chi connectivity index (χ4n) is 2.17. The van der Waals surface area contributed by atoms with E-state index in [1.165, 1.54) is 0 Å². The van der Waals surface area contributed by atoms with Gasteiger partial charge in [0.15, 0.2) is 0 Å². The molecule has 18 heavy (non-hydrogen) atoms. The minimum Gasteiger partial charge on any atom is -0.492 e. The van der Waals surface area contributed by atoms with Crippen molar-refractivity contribution in [2.24, 2.45) is 5.73 Å². The van der Waals surface area contributed by atoms with E-state index in [0.29, 0.717) is 24.5 Å². The molecule has 0 aliphatic heterocycles. The lowest BCUT2D eigenvalue weighted by atomic mass is 9.75. The summed E-state index contributed by atoms with van der Waals surface area (Å²) < 4.78 is 5.46. The largest absolute Gasteiger partial charge is 0.492 e. The molecule has 1 aromatic carbocycles. The van der Waals surface area contributed by atoms with E-state index in [0.717, 1.165) is 19.3 Å². The fraction of sp³-hybridized carbons (Fsp3) is 0.500. The maximum atomic E-state index is 11.9. The molecule has 1 aliphatic rings. The van der Waals surface area contributed by atoms with E-state index >= 15 is 0 Å². The summed E-state index contributed by atoms with van der Waals surface area (Å²) >= 11 is 0. The molecule has 2 rings (SSSR count). The standard InChI is InChI=1S/C14H20N2O2/c1-2-18-12-7-4-3-6-11(12)16-13(17)10-14(15)8-5-9-14/h3-4,6-7H,2,5,8-10,15H2,1H3,(H,16,17). The number of hydrogen-bond donors (Lipinski definition) is 2. The third kappa shape index (κ3) is 3.01. The summed E-state index contributed by atoms with van der Waals surface area (Å²) in [7, 11) is 0. The lowest BCUT2D eigenvalue weighted by Crippen LogP contribution is -2.48. The van der Waals surface area contributed by atoms with Gasteiger partial charge in [0, 0.05) is 12.0 Å². The molecule has 1 fully saturated rings. The zero-order valence-electron chi connectivity index (χ0n) is 10.7. The number of benzene rings is 1. The minimum atomic E-state index is -0.287. The van der Waals surface area contributed by atoms with E-state index < -0.39 is 0 Å². The molecule has 0 atom stereocenters. The molecule has 0 aromatic heterocycles. The van der Waals surface area contributed by atoms with Crippen LogP contribution in [0.4, 0.5) is 5.69 Å². The molecule has 1 amide bonds. The molecular weight excluding hydrogens is 228 g/mol. The van der Waals surface area contributed by atoms with Gasteiger partial charge < -0.3 is 15.8 Å². The van der Waals surface area contributed by atoms with E-state index in [4.69, 9.17) is 10.5 Å². The molecule has 0 spiro atoms. The highest BCUT2D eigenvalue weighted by atomic mass is 16.5. The summed E-state index contributed by atoms with van der Waals surface area (Å²) in [6, 6.07) is 7.45. The van der Waals surface area contributed by atoms with Crippen molar-refractivity contribution >= 4 is 11.6 Å². The van der Waals surface area contributed by atoms with Gasteiger partial charge in [-0.2, -0.15) is 0 Å². The van der Waals surface area contributed by atoms with Gasteiger partial charge in [0.05, 0.1) is 12.3 Å². The monoisotopic (exact) mass is 248 g/mol. The van der Waals surface area contributed by atoms with E-state index in [1.54, 1.807) is 0 Å². The molecule has 4 heteroatoms. The van der Waals surface area contributed by atoms with Crippen molar-refractivity contribution in [2.75, 3.05) is 11.9 Å². The molecule has 3 N–H and O–H groups in total. The van der Waals surface area contributed by atoms with Gasteiger partial charge in [0.2, 0.25) is 5.91 Å². The Morgan fingerprint density at radius 2 is 2.17 bits per heavy atom. The lowest BCUT2D eigenvalue weighted by Gasteiger charge is -2.37. The van der Waals surface area contributed by atoms with Crippen LogP contribution in [0.3, 0.4) is 0 Å². The minimum absolute atomic E-state index is 0.0376. The second-order valence-electron chi connectivity index (χ2n) is 4.87. The van der Waals surface area contributed by atoms with Crippen LogP contribution in [0.2, 0.25) is 0 Å². The van der Waals surface area contributed by atoms with Crippen molar-refractivity contribution in [1.29, 1.82) is 0 Å². The van der Waals surface area contributed by atoms with Crippen molar-refractivity contribution in [3.63, 3.8) is 0 Å². The summed E-state index contributed by atoms with van der Waals surface area (Å²) in [4.78, 5) is 11.9. The Morgan fingerprint density at radius 3 is 2.78 bits per heavy atom. The smallest absolute Gasteiger partial charge is 0.226 e. The lowest BCUT2D eigenvalue weighted by molar-refractivity contribution is -0.118. The Kier molecular flexibility index (Phi) is 3.87. The number of carbonyl (C=O) groups is 1. The van der Waals surface area contributed by atoms with Crippen molar-refractivity contribution in [1.82, 2.24) is 0 Å². The SMILES string of the molecule is CCOc1ccccc1NC(=O)CC1(N)CCC1. The van der Waals surface area contributed by atoms with Crippen molar-refractivity contribution in [3.8, 4) is 5.75 Å². The number of nitrogens with one attached hydrogen (secondary N) is 1. The normalized spacial score (nSPS) is 16.8. The van der Waals surface area contributed by atoms with Crippen LogP contribution >= 0.6 is 0 Å². The maximum Gasteiger partial charge on any atom is 0.226 e. The molecule has 1 saturated carbocycles. The van der Waals surface area contributed by atoms with E-state index in [-0.39, 0.29) is 11.4 Å². The first-order chi connectivity index (χ1) is 8.63. The molecule has 0 bridgehead atoms. The van der Waals surface area contributed by atoms with Gasteiger partial charge in [-0.3, -0.25) is 4.79 Å². The Labute approximate surface area is 108 Å². The zero-order chi connectivity index (χ0) is 13.0. The molecule has 4 nitrogen and oxygen atoms in total. The molecule has 0 heterocycles. The first kappa shape index (κ1) is 12.9. The van der Waals surface area contributed by atoms with Crippen LogP contribution in [-0.2, 0) is 4.79 Å². The molecule has 1 aromatic rings. The van der Waals surface area contributed by atoms with Crippen LogP contribution in [-0.4, -0.2) is 18.1 Å². The third-order valence-electron chi connectivity index (χ3n) is 3.32. The maximum absolute atomic E-state index is 11.9. The highest BCUT2D eigenvalue weighted by Crippen LogP contribution is 2.33. The number of anilines is 1. The molecular formula is C14H20N2O2. The summed E-state index contributed by atoms with van der Waals surface area (Å²) in [5.41, 5.74) is 6.49. The van der Waals surface area contributed by atoms with Crippen molar-refractivity contribution in [2.45, 2.75) is 38.1 Å². The molecule has 1 aliphatic carbocycles. The van der Waals surface area contributed by atoms with Gasteiger partial charge in [-0.15, -0.1) is 0 Å². The summed E-state index contributed by atoms with van der Waals surface area (Å²) in [6.07, 6.45) is 3.38. The number of para-hydroxylation sites is 2. The van der Waals surface area contributed by atoms with Crippen LogP contribution in [0.1, 0.15) is 32.6 Å². The van der Waals surface area contributed by atoms with Gasteiger partial charge in [-0.05, 0) is 38.3 Å². The average Bonchev–Trinajstić information content (AvgIpc) is 2.30. The zero-order valence-corrected chi connectivity index (χ0v) is 10.7. The number of rotatable bonds is 5. The van der Waals surface area contributed by atoms with Gasteiger partial charge >= 0.3 is 0 Å². The molecule has 98 valence electrons. The van der Waals surface area contributed by atoms with Crippen molar-refractivity contribution < 1.29 is 9.53 Å². The Balaban J connectivity index is 1.97. The van der Waals surface area contributed by atoms with Crippen LogP contribution < -0.4 is 15.8 Å². The second kappa shape index (κ2) is 5.40. The van der Waals surface area contributed by atoms with Crippen LogP contribution in [0, 0.1) is 0 Å². The molecule has 0 radical (unpaired) electrons. The Morgan fingerprint density at radius 1 is 1.44 bits per heavy atom. The first-order valence-corrected chi connectivity index (χ1v) is 6.43. The quantitative estimate of drug-likeness (QED) is 0.840. The number of hydrogen-bond acceptors (Lipinski definition) is 3. The summed E-state index contributed by atoms with van der Waals surface area (Å²) in [5, 5.41) is 2.88. The number of nitrogens with two attached hydrogens (primary N) is 1. The third-order valence-corrected chi connectivity index (χ3v) is 3.32. The van der Waals surface area contributed by atoms with E-state index in [9.17, 15) is 4.79 Å².